The minimum atomic E-state index is -1.13. The number of benzene rings is 1. The van der Waals surface area contributed by atoms with Crippen LogP contribution in [0.15, 0.2) is 46.5 Å². The molecule has 1 fully saturated rings. The normalized spacial score (nSPS) is 16.7. The summed E-state index contributed by atoms with van der Waals surface area (Å²) in [6, 6.07) is 6.77. The fourth-order valence-electron chi connectivity index (χ4n) is 4.29. The third kappa shape index (κ3) is 8.76. The number of halogens is 1. The van der Waals surface area contributed by atoms with E-state index in [-0.39, 0.29) is 30.0 Å². The number of piperidine rings is 1. The SMILES string of the molecule is CCCNC(=O)/C(C#N)=C/[C@H](C[C@@H]1CCCNC1=O)NC(=O)[C@H](Cc1ccc(F)cc1)NC(=O)c1cc(C)on1. The lowest BCUT2D eigenvalue weighted by molar-refractivity contribution is -0.128. The van der Waals surface area contributed by atoms with Crippen LogP contribution in [0.3, 0.4) is 0 Å². The Kier molecular flexibility index (Phi) is 10.9. The van der Waals surface area contributed by atoms with Gasteiger partial charge < -0.3 is 25.8 Å². The molecule has 11 nitrogen and oxygen atoms in total. The number of nitriles is 1. The summed E-state index contributed by atoms with van der Waals surface area (Å²) >= 11 is 0. The fourth-order valence-corrected chi connectivity index (χ4v) is 4.29. The molecule has 40 heavy (non-hydrogen) atoms. The molecule has 3 rings (SSSR count). The van der Waals surface area contributed by atoms with Gasteiger partial charge in [0.1, 0.15) is 29.3 Å². The Morgan fingerprint density at radius 2 is 2.02 bits per heavy atom. The molecular weight excluding hydrogens is 519 g/mol. The molecule has 12 heteroatoms. The zero-order valence-corrected chi connectivity index (χ0v) is 22.5. The number of carbonyl (C=O) groups is 4. The third-order valence-electron chi connectivity index (χ3n) is 6.37. The van der Waals surface area contributed by atoms with E-state index in [1.54, 1.807) is 6.92 Å². The minimum Gasteiger partial charge on any atom is -0.361 e. The quantitative estimate of drug-likeness (QED) is 0.230. The molecular formula is C28H33FN6O5. The summed E-state index contributed by atoms with van der Waals surface area (Å²) in [4.78, 5) is 51.4. The maximum Gasteiger partial charge on any atom is 0.274 e. The lowest BCUT2D eigenvalue weighted by Gasteiger charge is -2.27. The molecule has 0 bridgehead atoms. The highest BCUT2D eigenvalue weighted by molar-refractivity contribution is 5.98. The van der Waals surface area contributed by atoms with Crippen LogP contribution in [-0.2, 0) is 20.8 Å². The Bertz CT molecular complexity index is 1280. The Morgan fingerprint density at radius 3 is 2.65 bits per heavy atom. The van der Waals surface area contributed by atoms with Gasteiger partial charge in [0.05, 0.1) is 0 Å². The second kappa shape index (κ2) is 14.6. The first kappa shape index (κ1) is 30.0. The topological polar surface area (TPSA) is 166 Å². The molecule has 4 amide bonds. The van der Waals surface area contributed by atoms with E-state index in [2.05, 4.69) is 26.4 Å². The lowest BCUT2D eigenvalue weighted by atomic mass is 9.90. The number of hydrogen-bond donors (Lipinski definition) is 4. The minimum absolute atomic E-state index is 0.0110. The summed E-state index contributed by atoms with van der Waals surface area (Å²) in [6.07, 6.45) is 3.49. The number of amides is 4. The standard InChI is InChI=1S/C28H33FN6O5/c1-3-10-31-26(37)20(16-30)15-22(14-19-5-4-11-32-25(19)36)33-27(38)23(13-18-6-8-21(29)9-7-18)34-28(39)24-12-17(2)40-35-24/h6-9,12,15,19,22-23H,3-5,10-11,13-14H2,1-2H3,(H,31,37)(H,32,36)(H,33,38)(H,34,39)/b20-15+/t19-,22-,23-/m0/s1. The number of nitrogens with one attached hydrogen (secondary N) is 4. The maximum absolute atomic E-state index is 13.6. The van der Waals surface area contributed by atoms with Gasteiger partial charge in [-0.25, -0.2) is 4.39 Å². The van der Waals surface area contributed by atoms with E-state index in [0.29, 0.717) is 37.3 Å². The number of nitrogens with zero attached hydrogens (tertiary/aromatic N) is 2. The van der Waals surface area contributed by atoms with Gasteiger partial charge in [-0.2, -0.15) is 5.26 Å². The fraction of sp³-hybridized carbons (Fsp3) is 0.429. The van der Waals surface area contributed by atoms with Crippen LogP contribution in [-0.4, -0.2) is 54.0 Å². The van der Waals surface area contributed by atoms with Crippen molar-refractivity contribution >= 4 is 23.6 Å². The smallest absolute Gasteiger partial charge is 0.274 e. The van der Waals surface area contributed by atoms with E-state index in [0.717, 1.165) is 6.42 Å². The van der Waals surface area contributed by atoms with Crippen molar-refractivity contribution in [3.05, 3.63) is 64.8 Å². The average Bonchev–Trinajstić information content (AvgIpc) is 3.38. The highest BCUT2D eigenvalue weighted by Crippen LogP contribution is 2.19. The highest BCUT2D eigenvalue weighted by Gasteiger charge is 2.29. The molecule has 1 aliphatic heterocycles. The van der Waals surface area contributed by atoms with Gasteiger partial charge in [-0.05, 0) is 56.4 Å². The molecule has 0 aliphatic carbocycles. The van der Waals surface area contributed by atoms with Crippen LogP contribution in [0.1, 0.15) is 54.4 Å². The molecule has 0 unspecified atom stereocenters. The van der Waals surface area contributed by atoms with Crippen LogP contribution in [0, 0.1) is 30.0 Å². The molecule has 1 aromatic heterocycles. The summed E-state index contributed by atoms with van der Waals surface area (Å²) in [5.74, 6) is -2.53. The zero-order chi connectivity index (χ0) is 29.1. The number of carbonyl (C=O) groups excluding carboxylic acids is 4. The van der Waals surface area contributed by atoms with Crippen molar-refractivity contribution in [1.29, 1.82) is 5.26 Å². The van der Waals surface area contributed by atoms with Crippen LogP contribution in [0.2, 0.25) is 0 Å². The first-order valence-corrected chi connectivity index (χ1v) is 13.2. The molecule has 0 spiro atoms. The van der Waals surface area contributed by atoms with Crippen molar-refractivity contribution in [2.45, 2.75) is 58.0 Å². The summed E-state index contributed by atoms with van der Waals surface area (Å²) < 4.78 is 18.4. The molecule has 2 aromatic rings. The molecule has 0 saturated carbocycles. The van der Waals surface area contributed by atoms with E-state index >= 15 is 0 Å². The van der Waals surface area contributed by atoms with Gasteiger partial charge in [-0.15, -0.1) is 0 Å². The van der Waals surface area contributed by atoms with Gasteiger partial charge in [0.15, 0.2) is 5.69 Å². The van der Waals surface area contributed by atoms with Crippen molar-refractivity contribution in [2.75, 3.05) is 13.1 Å². The predicted molar refractivity (Wildman–Crippen MR) is 142 cm³/mol. The van der Waals surface area contributed by atoms with Crippen molar-refractivity contribution < 1.29 is 28.1 Å². The number of aryl methyl sites for hydroxylation is 1. The van der Waals surface area contributed by atoms with Crippen molar-refractivity contribution in [3.8, 4) is 6.07 Å². The summed E-state index contributed by atoms with van der Waals surface area (Å²) in [5, 5.41) is 24.2. The zero-order valence-electron chi connectivity index (χ0n) is 22.5. The molecule has 4 N–H and O–H groups in total. The second-order valence-corrected chi connectivity index (χ2v) is 9.61. The average molecular weight is 553 g/mol. The predicted octanol–water partition coefficient (Wildman–Crippen LogP) is 1.84. The molecule has 1 aromatic carbocycles. The first-order valence-electron chi connectivity index (χ1n) is 13.2. The van der Waals surface area contributed by atoms with E-state index < -0.39 is 41.5 Å². The van der Waals surface area contributed by atoms with Crippen molar-refractivity contribution in [3.63, 3.8) is 0 Å². The van der Waals surface area contributed by atoms with Crippen LogP contribution >= 0.6 is 0 Å². The molecule has 212 valence electrons. The van der Waals surface area contributed by atoms with E-state index in [1.165, 1.54) is 36.4 Å². The largest absolute Gasteiger partial charge is 0.361 e. The molecule has 0 radical (unpaired) electrons. The first-order chi connectivity index (χ1) is 19.2. The number of aromatic nitrogens is 1. The Morgan fingerprint density at radius 1 is 1.27 bits per heavy atom. The van der Waals surface area contributed by atoms with Crippen molar-refractivity contribution in [1.82, 2.24) is 26.4 Å². The maximum atomic E-state index is 13.6. The number of hydrogen-bond acceptors (Lipinski definition) is 7. The molecule has 1 aliphatic rings. The molecule has 3 atom stereocenters. The molecule has 1 saturated heterocycles. The van der Waals surface area contributed by atoms with Gasteiger partial charge in [0.25, 0.3) is 11.8 Å². The number of rotatable bonds is 12. The lowest BCUT2D eigenvalue weighted by Crippen LogP contribution is -2.51. The third-order valence-corrected chi connectivity index (χ3v) is 6.37. The van der Waals surface area contributed by atoms with Crippen LogP contribution in [0.25, 0.3) is 0 Å². The van der Waals surface area contributed by atoms with Gasteiger partial charge >= 0.3 is 0 Å². The molecule has 2 heterocycles. The summed E-state index contributed by atoms with van der Waals surface area (Å²) in [5.41, 5.74) is 0.352. The monoisotopic (exact) mass is 552 g/mol. The van der Waals surface area contributed by atoms with E-state index in [1.807, 2.05) is 13.0 Å². The Hall–Kier alpha value is -4.53. The Balaban J connectivity index is 1.87. The van der Waals surface area contributed by atoms with Gasteiger partial charge in [-0.1, -0.05) is 24.2 Å². The second-order valence-electron chi connectivity index (χ2n) is 9.61. The van der Waals surface area contributed by atoms with E-state index in [4.69, 9.17) is 4.52 Å². The highest BCUT2D eigenvalue weighted by atomic mass is 19.1. The summed E-state index contributed by atoms with van der Waals surface area (Å²) in [6.45, 7) is 4.41. The van der Waals surface area contributed by atoms with Gasteiger partial charge in [0, 0.05) is 37.5 Å². The van der Waals surface area contributed by atoms with Crippen molar-refractivity contribution in [2.24, 2.45) is 5.92 Å². The Labute approximate surface area is 231 Å². The van der Waals surface area contributed by atoms with E-state index in [9.17, 15) is 28.8 Å². The van der Waals surface area contributed by atoms with Crippen LogP contribution in [0.5, 0.6) is 0 Å². The van der Waals surface area contributed by atoms with Crippen LogP contribution < -0.4 is 21.3 Å². The van der Waals surface area contributed by atoms with Gasteiger partial charge in [-0.3, -0.25) is 19.2 Å². The summed E-state index contributed by atoms with van der Waals surface area (Å²) in [7, 11) is 0. The van der Waals surface area contributed by atoms with Crippen LogP contribution in [0.4, 0.5) is 4.39 Å². The van der Waals surface area contributed by atoms with Gasteiger partial charge in [0.2, 0.25) is 11.8 Å².